The van der Waals surface area contributed by atoms with Gasteiger partial charge in [0.1, 0.15) is 5.75 Å². The topological polar surface area (TPSA) is 26.3 Å². The van der Waals surface area contributed by atoms with Gasteiger partial charge in [0.25, 0.3) is 0 Å². The average molecular weight is 326 g/mol. The van der Waals surface area contributed by atoms with Crippen molar-refractivity contribution < 1.29 is 9.53 Å². The standard InChI is InChI=1S/C14H10BrClO2/c1-18-11-5-6-12(13(16)8-11)14(17)9-3-2-4-10(15)7-9/h2-8H,1H3. The van der Waals surface area contributed by atoms with Crippen LogP contribution < -0.4 is 4.74 Å². The van der Waals surface area contributed by atoms with Crippen molar-refractivity contribution in [2.75, 3.05) is 7.11 Å². The van der Waals surface area contributed by atoms with Crippen molar-refractivity contribution in [2.45, 2.75) is 0 Å². The number of ether oxygens (including phenoxy) is 1. The number of halogens is 2. The molecule has 0 radical (unpaired) electrons. The van der Waals surface area contributed by atoms with Gasteiger partial charge in [0, 0.05) is 15.6 Å². The van der Waals surface area contributed by atoms with Crippen LogP contribution in [0, 0.1) is 0 Å². The molecular formula is C14H10BrClO2. The summed E-state index contributed by atoms with van der Waals surface area (Å²) < 4.78 is 5.91. The van der Waals surface area contributed by atoms with E-state index in [-0.39, 0.29) is 5.78 Å². The van der Waals surface area contributed by atoms with Gasteiger partial charge in [-0.25, -0.2) is 0 Å². The third-order valence-electron chi connectivity index (χ3n) is 2.51. The second-order valence-electron chi connectivity index (χ2n) is 3.69. The van der Waals surface area contributed by atoms with E-state index >= 15 is 0 Å². The van der Waals surface area contributed by atoms with Gasteiger partial charge in [-0.2, -0.15) is 0 Å². The number of ketones is 1. The molecule has 92 valence electrons. The quantitative estimate of drug-likeness (QED) is 0.785. The SMILES string of the molecule is COc1ccc(C(=O)c2cccc(Br)c2)c(Cl)c1. The van der Waals surface area contributed by atoms with E-state index in [9.17, 15) is 4.79 Å². The van der Waals surface area contributed by atoms with Crippen molar-refractivity contribution in [3.63, 3.8) is 0 Å². The fourth-order valence-corrected chi connectivity index (χ4v) is 2.25. The number of carbonyl (C=O) groups is 1. The molecule has 0 aliphatic heterocycles. The molecule has 0 aromatic heterocycles. The Hall–Kier alpha value is -1.32. The summed E-state index contributed by atoms with van der Waals surface area (Å²) in [7, 11) is 1.56. The molecule has 0 saturated carbocycles. The summed E-state index contributed by atoms with van der Waals surface area (Å²) >= 11 is 9.42. The summed E-state index contributed by atoms with van der Waals surface area (Å²) in [5.41, 5.74) is 1.06. The number of methoxy groups -OCH3 is 1. The molecule has 0 fully saturated rings. The molecule has 0 atom stereocenters. The molecule has 0 N–H and O–H groups in total. The summed E-state index contributed by atoms with van der Waals surface area (Å²) in [5.74, 6) is 0.523. The fraction of sp³-hybridized carbons (Fsp3) is 0.0714. The van der Waals surface area contributed by atoms with Gasteiger partial charge in [0.05, 0.1) is 12.1 Å². The van der Waals surface area contributed by atoms with Gasteiger partial charge in [-0.3, -0.25) is 4.79 Å². The van der Waals surface area contributed by atoms with E-state index in [0.717, 1.165) is 4.47 Å². The van der Waals surface area contributed by atoms with Gasteiger partial charge >= 0.3 is 0 Å². The van der Waals surface area contributed by atoms with E-state index in [2.05, 4.69) is 15.9 Å². The minimum Gasteiger partial charge on any atom is -0.497 e. The van der Waals surface area contributed by atoms with Crippen LogP contribution in [0.5, 0.6) is 5.75 Å². The maximum atomic E-state index is 12.3. The molecule has 18 heavy (non-hydrogen) atoms. The molecular weight excluding hydrogens is 316 g/mol. The summed E-state index contributed by atoms with van der Waals surface area (Å²) in [6.45, 7) is 0. The van der Waals surface area contributed by atoms with Crippen LogP contribution in [0.1, 0.15) is 15.9 Å². The molecule has 0 bridgehead atoms. The van der Waals surface area contributed by atoms with Crippen LogP contribution in [0.15, 0.2) is 46.9 Å². The molecule has 2 rings (SSSR count). The summed E-state index contributed by atoms with van der Waals surface area (Å²) in [5, 5.41) is 0.388. The first-order valence-electron chi connectivity index (χ1n) is 5.25. The Labute approximate surface area is 119 Å². The highest BCUT2D eigenvalue weighted by atomic mass is 79.9. The number of hydrogen-bond acceptors (Lipinski definition) is 2. The Morgan fingerprint density at radius 3 is 2.61 bits per heavy atom. The van der Waals surface area contributed by atoms with Gasteiger partial charge in [-0.05, 0) is 30.3 Å². The van der Waals surface area contributed by atoms with Crippen molar-refractivity contribution in [1.29, 1.82) is 0 Å². The highest BCUT2D eigenvalue weighted by molar-refractivity contribution is 9.10. The zero-order valence-corrected chi connectivity index (χ0v) is 12.0. The highest BCUT2D eigenvalue weighted by Gasteiger charge is 2.13. The highest BCUT2D eigenvalue weighted by Crippen LogP contribution is 2.25. The normalized spacial score (nSPS) is 10.2. The number of benzene rings is 2. The molecule has 4 heteroatoms. The monoisotopic (exact) mass is 324 g/mol. The molecule has 2 aromatic rings. The molecule has 0 spiro atoms. The first kappa shape index (κ1) is 13.1. The second-order valence-corrected chi connectivity index (χ2v) is 5.01. The lowest BCUT2D eigenvalue weighted by atomic mass is 10.0. The van der Waals surface area contributed by atoms with E-state index < -0.39 is 0 Å². The Bertz CT molecular complexity index is 596. The second kappa shape index (κ2) is 5.55. The minimum atomic E-state index is -0.107. The van der Waals surface area contributed by atoms with Crippen LogP contribution in [0.25, 0.3) is 0 Å². The Kier molecular flexibility index (Phi) is 4.04. The van der Waals surface area contributed by atoms with Crippen molar-refractivity contribution in [2.24, 2.45) is 0 Å². The first-order chi connectivity index (χ1) is 8.61. The molecule has 2 nitrogen and oxygen atoms in total. The molecule has 0 amide bonds. The van der Waals surface area contributed by atoms with Crippen LogP contribution in [-0.2, 0) is 0 Å². The molecule has 2 aromatic carbocycles. The zero-order chi connectivity index (χ0) is 13.1. The van der Waals surface area contributed by atoms with Gasteiger partial charge in [-0.15, -0.1) is 0 Å². The van der Waals surface area contributed by atoms with Crippen molar-refractivity contribution in [3.8, 4) is 5.75 Å². The smallest absolute Gasteiger partial charge is 0.194 e. The van der Waals surface area contributed by atoms with E-state index in [1.807, 2.05) is 12.1 Å². The maximum Gasteiger partial charge on any atom is 0.194 e. The lowest BCUT2D eigenvalue weighted by Gasteiger charge is -2.06. The summed E-state index contributed by atoms with van der Waals surface area (Å²) in [6.07, 6.45) is 0. The Morgan fingerprint density at radius 1 is 1.22 bits per heavy atom. The van der Waals surface area contributed by atoms with Crippen LogP contribution in [-0.4, -0.2) is 12.9 Å². The summed E-state index contributed by atoms with van der Waals surface area (Å²) in [6, 6.07) is 12.2. The fourth-order valence-electron chi connectivity index (χ4n) is 1.59. The predicted molar refractivity (Wildman–Crippen MR) is 75.6 cm³/mol. The van der Waals surface area contributed by atoms with Crippen molar-refractivity contribution in [1.82, 2.24) is 0 Å². The minimum absolute atomic E-state index is 0.107. The number of carbonyl (C=O) groups excluding carboxylic acids is 1. The van der Waals surface area contributed by atoms with Gasteiger partial charge in [-0.1, -0.05) is 39.7 Å². The lowest BCUT2D eigenvalue weighted by molar-refractivity contribution is 0.103. The van der Waals surface area contributed by atoms with Crippen molar-refractivity contribution in [3.05, 3.63) is 63.1 Å². The average Bonchev–Trinajstić information content (AvgIpc) is 2.37. The van der Waals surface area contributed by atoms with Crippen molar-refractivity contribution >= 4 is 33.3 Å². The molecule has 0 heterocycles. The number of hydrogen-bond donors (Lipinski definition) is 0. The van der Waals surface area contributed by atoms with E-state index in [0.29, 0.717) is 21.9 Å². The van der Waals surface area contributed by atoms with Crippen LogP contribution in [0.2, 0.25) is 5.02 Å². The first-order valence-corrected chi connectivity index (χ1v) is 6.42. The molecule has 0 saturated heterocycles. The Morgan fingerprint density at radius 2 is 2.00 bits per heavy atom. The maximum absolute atomic E-state index is 12.3. The molecule has 0 aliphatic rings. The largest absolute Gasteiger partial charge is 0.497 e. The van der Waals surface area contributed by atoms with E-state index in [1.165, 1.54) is 0 Å². The summed E-state index contributed by atoms with van der Waals surface area (Å²) in [4.78, 5) is 12.3. The molecule has 0 unspecified atom stereocenters. The van der Waals surface area contributed by atoms with Crippen LogP contribution in [0.4, 0.5) is 0 Å². The van der Waals surface area contributed by atoms with Crippen LogP contribution >= 0.6 is 27.5 Å². The zero-order valence-electron chi connectivity index (χ0n) is 9.61. The van der Waals surface area contributed by atoms with Gasteiger partial charge in [0.15, 0.2) is 5.78 Å². The lowest BCUT2D eigenvalue weighted by Crippen LogP contribution is -2.02. The third kappa shape index (κ3) is 2.74. The Balaban J connectivity index is 2.40. The predicted octanol–water partition coefficient (Wildman–Crippen LogP) is 4.34. The van der Waals surface area contributed by atoms with E-state index in [4.69, 9.17) is 16.3 Å². The van der Waals surface area contributed by atoms with Gasteiger partial charge < -0.3 is 4.74 Å². The molecule has 0 aliphatic carbocycles. The van der Waals surface area contributed by atoms with Crippen LogP contribution in [0.3, 0.4) is 0 Å². The number of rotatable bonds is 3. The van der Waals surface area contributed by atoms with E-state index in [1.54, 1.807) is 37.4 Å². The third-order valence-corrected chi connectivity index (χ3v) is 3.31. The van der Waals surface area contributed by atoms with Gasteiger partial charge in [0.2, 0.25) is 0 Å².